The standard InChI is InChI=1S/C16H20ClNO2S/c1-9-4-5-11(6-13(9)20-3)12(7-18)15(19)16-14(17)10(2)8-21-16/h4-6,8,12,15,19H,7,18H2,1-3H3. The van der Waals surface area contributed by atoms with Gasteiger partial charge in [-0.05, 0) is 42.0 Å². The number of nitrogens with two attached hydrogens (primary N) is 1. The molecule has 2 rings (SSSR count). The van der Waals surface area contributed by atoms with Gasteiger partial charge in [-0.2, -0.15) is 0 Å². The number of hydrogen-bond acceptors (Lipinski definition) is 4. The Morgan fingerprint density at radius 3 is 2.57 bits per heavy atom. The van der Waals surface area contributed by atoms with E-state index in [1.807, 2.05) is 37.4 Å². The van der Waals surface area contributed by atoms with Crippen LogP contribution >= 0.6 is 22.9 Å². The second kappa shape index (κ2) is 6.79. The van der Waals surface area contributed by atoms with Gasteiger partial charge in [0.05, 0.1) is 23.1 Å². The van der Waals surface area contributed by atoms with Gasteiger partial charge in [-0.3, -0.25) is 0 Å². The summed E-state index contributed by atoms with van der Waals surface area (Å²) < 4.78 is 5.35. The van der Waals surface area contributed by atoms with E-state index >= 15 is 0 Å². The van der Waals surface area contributed by atoms with E-state index in [2.05, 4.69) is 0 Å². The van der Waals surface area contributed by atoms with E-state index in [9.17, 15) is 5.11 Å². The number of ether oxygens (including phenoxy) is 1. The molecule has 1 aromatic heterocycles. The van der Waals surface area contributed by atoms with E-state index in [0.29, 0.717) is 11.6 Å². The summed E-state index contributed by atoms with van der Waals surface area (Å²) in [4.78, 5) is 0.768. The lowest BCUT2D eigenvalue weighted by atomic mass is 9.91. The van der Waals surface area contributed by atoms with Crippen LogP contribution in [0, 0.1) is 13.8 Å². The fraction of sp³-hybridized carbons (Fsp3) is 0.375. The van der Waals surface area contributed by atoms with E-state index in [1.165, 1.54) is 11.3 Å². The third kappa shape index (κ3) is 3.24. The number of aliphatic hydroxyl groups excluding tert-OH is 1. The van der Waals surface area contributed by atoms with Crippen molar-refractivity contribution in [1.29, 1.82) is 0 Å². The van der Waals surface area contributed by atoms with E-state index < -0.39 is 6.10 Å². The molecule has 0 saturated carbocycles. The molecule has 3 N–H and O–H groups in total. The first-order valence-corrected chi connectivity index (χ1v) is 8.01. The fourth-order valence-corrected chi connectivity index (χ4v) is 3.70. The third-order valence-corrected chi connectivity index (χ3v) is 5.47. The molecule has 0 spiro atoms. The molecule has 2 unspecified atom stereocenters. The molecule has 0 amide bonds. The zero-order chi connectivity index (χ0) is 15.6. The Morgan fingerprint density at radius 2 is 2.05 bits per heavy atom. The lowest BCUT2D eigenvalue weighted by Gasteiger charge is -2.22. The van der Waals surface area contributed by atoms with Crippen molar-refractivity contribution >= 4 is 22.9 Å². The predicted octanol–water partition coefficient (Wildman–Crippen LogP) is 3.80. The first-order valence-electron chi connectivity index (χ1n) is 6.75. The average Bonchev–Trinajstić information content (AvgIpc) is 2.81. The summed E-state index contributed by atoms with van der Waals surface area (Å²) in [5.41, 5.74) is 8.88. The van der Waals surface area contributed by atoms with Gasteiger partial charge in [0.15, 0.2) is 0 Å². The van der Waals surface area contributed by atoms with E-state index in [0.717, 1.165) is 27.3 Å². The SMILES string of the molecule is COc1cc(C(CN)C(O)c2scc(C)c2Cl)ccc1C. The second-order valence-corrected chi connectivity index (χ2v) is 6.40. The van der Waals surface area contributed by atoms with Crippen LogP contribution in [0.2, 0.25) is 5.02 Å². The number of benzene rings is 1. The van der Waals surface area contributed by atoms with Crippen LogP contribution in [-0.2, 0) is 0 Å². The van der Waals surface area contributed by atoms with Gasteiger partial charge in [-0.25, -0.2) is 0 Å². The summed E-state index contributed by atoms with van der Waals surface area (Å²) in [7, 11) is 1.64. The molecule has 114 valence electrons. The predicted molar refractivity (Wildman–Crippen MR) is 88.6 cm³/mol. The van der Waals surface area contributed by atoms with Crippen molar-refractivity contribution in [2.75, 3.05) is 13.7 Å². The van der Waals surface area contributed by atoms with Crippen molar-refractivity contribution in [2.45, 2.75) is 25.9 Å². The van der Waals surface area contributed by atoms with Crippen LogP contribution in [0.1, 0.15) is 33.6 Å². The smallest absolute Gasteiger partial charge is 0.122 e. The summed E-state index contributed by atoms with van der Waals surface area (Å²) in [5, 5.41) is 13.2. The Kier molecular flexibility index (Phi) is 5.27. The Bertz CT molecular complexity index is 627. The van der Waals surface area contributed by atoms with Crippen LogP contribution < -0.4 is 10.5 Å². The molecule has 0 saturated heterocycles. The molecule has 0 fully saturated rings. The maximum atomic E-state index is 10.7. The monoisotopic (exact) mass is 325 g/mol. The molecular weight excluding hydrogens is 306 g/mol. The van der Waals surface area contributed by atoms with Crippen LogP contribution in [-0.4, -0.2) is 18.8 Å². The minimum absolute atomic E-state index is 0.213. The first kappa shape index (κ1) is 16.3. The summed E-state index contributed by atoms with van der Waals surface area (Å²) in [5.74, 6) is 0.585. The van der Waals surface area contributed by atoms with Crippen molar-refractivity contribution in [3.05, 3.63) is 50.2 Å². The molecule has 1 aromatic carbocycles. The van der Waals surface area contributed by atoms with Crippen molar-refractivity contribution in [1.82, 2.24) is 0 Å². The molecule has 1 heterocycles. The summed E-state index contributed by atoms with van der Waals surface area (Å²) in [6.45, 7) is 4.25. The van der Waals surface area contributed by atoms with Crippen molar-refractivity contribution < 1.29 is 9.84 Å². The first-order chi connectivity index (χ1) is 9.99. The molecule has 0 bridgehead atoms. The Balaban J connectivity index is 2.37. The minimum atomic E-state index is -0.714. The molecule has 0 aliphatic carbocycles. The molecule has 2 atom stereocenters. The normalized spacial score (nSPS) is 14.0. The number of methoxy groups -OCH3 is 1. The topological polar surface area (TPSA) is 55.5 Å². The lowest BCUT2D eigenvalue weighted by molar-refractivity contribution is 0.151. The van der Waals surface area contributed by atoms with Gasteiger partial charge in [0.25, 0.3) is 0 Å². The second-order valence-electron chi connectivity index (χ2n) is 5.11. The maximum Gasteiger partial charge on any atom is 0.122 e. The van der Waals surface area contributed by atoms with Gasteiger partial charge >= 0.3 is 0 Å². The zero-order valence-corrected chi connectivity index (χ0v) is 14.0. The summed E-state index contributed by atoms with van der Waals surface area (Å²) in [6.07, 6.45) is -0.714. The van der Waals surface area contributed by atoms with Gasteiger partial charge in [-0.1, -0.05) is 23.7 Å². The lowest BCUT2D eigenvalue weighted by Crippen LogP contribution is -2.20. The molecule has 5 heteroatoms. The number of aliphatic hydroxyl groups is 1. The van der Waals surface area contributed by atoms with Crippen molar-refractivity contribution in [3.8, 4) is 5.75 Å². The highest BCUT2D eigenvalue weighted by molar-refractivity contribution is 7.10. The molecule has 2 aromatic rings. The highest BCUT2D eigenvalue weighted by Gasteiger charge is 2.26. The number of rotatable bonds is 5. The van der Waals surface area contributed by atoms with Crippen molar-refractivity contribution in [2.24, 2.45) is 5.73 Å². The molecule has 0 aliphatic rings. The molecule has 0 radical (unpaired) electrons. The van der Waals surface area contributed by atoms with Gasteiger partial charge in [0.1, 0.15) is 5.75 Å². The number of thiophene rings is 1. The quantitative estimate of drug-likeness (QED) is 0.879. The molecule has 0 aliphatic heterocycles. The van der Waals surface area contributed by atoms with Crippen LogP contribution in [0.25, 0.3) is 0 Å². The Labute approximate surface area is 134 Å². The van der Waals surface area contributed by atoms with E-state index in [1.54, 1.807) is 7.11 Å². The van der Waals surface area contributed by atoms with Crippen molar-refractivity contribution in [3.63, 3.8) is 0 Å². The van der Waals surface area contributed by atoms with E-state index in [-0.39, 0.29) is 5.92 Å². The molecular formula is C16H20ClNO2S. The largest absolute Gasteiger partial charge is 0.496 e. The van der Waals surface area contributed by atoms with Crippen LogP contribution in [0.5, 0.6) is 5.75 Å². The fourth-order valence-electron chi connectivity index (χ4n) is 2.35. The average molecular weight is 326 g/mol. The van der Waals surface area contributed by atoms with E-state index in [4.69, 9.17) is 22.1 Å². The number of aryl methyl sites for hydroxylation is 2. The van der Waals surface area contributed by atoms with Gasteiger partial charge in [-0.15, -0.1) is 11.3 Å². The summed E-state index contributed by atoms with van der Waals surface area (Å²) >= 11 is 7.73. The van der Waals surface area contributed by atoms with Crippen LogP contribution in [0.15, 0.2) is 23.6 Å². The highest BCUT2D eigenvalue weighted by atomic mass is 35.5. The maximum absolute atomic E-state index is 10.7. The Hall–Kier alpha value is -1.07. The van der Waals surface area contributed by atoms with Gasteiger partial charge in [0, 0.05) is 12.5 Å². The number of hydrogen-bond donors (Lipinski definition) is 2. The van der Waals surface area contributed by atoms with Gasteiger partial charge in [0.2, 0.25) is 0 Å². The molecule has 21 heavy (non-hydrogen) atoms. The van der Waals surface area contributed by atoms with Crippen LogP contribution in [0.4, 0.5) is 0 Å². The zero-order valence-electron chi connectivity index (χ0n) is 12.4. The number of halogens is 1. The van der Waals surface area contributed by atoms with Crippen LogP contribution in [0.3, 0.4) is 0 Å². The highest BCUT2D eigenvalue weighted by Crippen LogP contribution is 2.40. The summed E-state index contributed by atoms with van der Waals surface area (Å²) in [6, 6.07) is 5.89. The van der Waals surface area contributed by atoms with Gasteiger partial charge < -0.3 is 15.6 Å². The molecule has 3 nitrogen and oxygen atoms in total. The minimum Gasteiger partial charge on any atom is -0.496 e. The Morgan fingerprint density at radius 1 is 1.33 bits per heavy atom. The third-order valence-electron chi connectivity index (χ3n) is 3.69.